The normalized spacial score (nSPS) is 16.7. The summed E-state index contributed by atoms with van der Waals surface area (Å²) in [5.74, 6) is 0.237. The number of carboxylic acid groups (broad SMARTS) is 1. The van der Waals surface area contributed by atoms with Gasteiger partial charge in [-0.05, 0) is 55.5 Å². The van der Waals surface area contributed by atoms with Gasteiger partial charge in [0.05, 0.1) is 32.1 Å². The molecule has 2 aromatic carbocycles. The number of hydrogen-bond donors (Lipinski definition) is 1. The highest BCUT2D eigenvalue weighted by Crippen LogP contribution is 2.46. The van der Waals surface area contributed by atoms with E-state index in [2.05, 4.69) is 20.0 Å². The molecule has 0 unspecified atom stereocenters. The Kier molecular flexibility index (Phi) is 7.57. The summed E-state index contributed by atoms with van der Waals surface area (Å²) in [5, 5.41) is 22.9. The molecular formula is C27H28ClN5O5S. The van der Waals surface area contributed by atoms with Crippen molar-refractivity contribution in [1.82, 2.24) is 24.8 Å². The van der Waals surface area contributed by atoms with Gasteiger partial charge in [0.15, 0.2) is 11.5 Å². The number of aryl methyl sites for hydroxylation is 1. The third-order valence-corrected chi connectivity index (χ3v) is 7.81. The first kappa shape index (κ1) is 27.0. The molecule has 5 rings (SSSR count). The smallest absolute Gasteiger partial charge is 0.319 e. The molecule has 2 aromatic heterocycles. The van der Waals surface area contributed by atoms with Gasteiger partial charge in [-0.15, -0.1) is 10.2 Å². The van der Waals surface area contributed by atoms with Crippen molar-refractivity contribution >= 4 is 29.3 Å². The summed E-state index contributed by atoms with van der Waals surface area (Å²) < 4.78 is 19.2. The first-order valence-electron chi connectivity index (χ1n) is 12.3. The molecule has 39 heavy (non-hydrogen) atoms. The van der Waals surface area contributed by atoms with Crippen molar-refractivity contribution in [2.24, 2.45) is 0 Å². The Morgan fingerprint density at radius 2 is 1.97 bits per heavy atom. The van der Waals surface area contributed by atoms with E-state index in [1.165, 1.54) is 4.80 Å². The first-order valence-corrected chi connectivity index (χ1v) is 13.4. The molecule has 0 saturated carbocycles. The third-order valence-electron chi connectivity index (χ3n) is 6.55. The molecule has 204 valence electrons. The number of fused-ring (bicyclic) bond motifs is 3. The molecule has 1 aliphatic heterocycles. The van der Waals surface area contributed by atoms with Crippen molar-refractivity contribution < 1.29 is 24.1 Å². The maximum Gasteiger partial charge on any atom is 0.319 e. The Balaban J connectivity index is 1.49. The second-order valence-electron chi connectivity index (χ2n) is 9.47. The van der Waals surface area contributed by atoms with Crippen molar-refractivity contribution in [3.05, 3.63) is 76.6 Å². The van der Waals surface area contributed by atoms with E-state index in [9.17, 15) is 9.90 Å². The van der Waals surface area contributed by atoms with Crippen LogP contribution in [0.3, 0.4) is 0 Å². The number of nitrogens with zero attached hydrogens (tertiary/aromatic N) is 5. The number of tetrazole rings is 1. The van der Waals surface area contributed by atoms with E-state index >= 15 is 0 Å². The van der Waals surface area contributed by atoms with E-state index in [1.54, 1.807) is 28.1 Å². The summed E-state index contributed by atoms with van der Waals surface area (Å²) in [6, 6.07) is 15.5. The van der Waals surface area contributed by atoms with Crippen LogP contribution in [0.5, 0.6) is 11.5 Å². The van der Waals surface area contributed by atoms with Crippen LogP contribution in [0.25, 0.3) is 5.69 Å². The van der Waals surface area contributed by atoms with Crippen LogP contribution in [0, 0.1) is 0 Å². The van der Waals surface area contributed by atoms with Crippen LogP contribution in [0.2, 0.25) is 5.02 Å². The lowest BCUT2D eigenvalue weighted by atomic mass is 9.98. The van der Waals surface area contributed by atoms with Crippen LogP contribution in [0.4, 0.5) is 0 Å². The Morgan fingerprint density at radius 3 is 2.72 bits per heavy atom. The van der Waals surface area contributed by atoms with Gasteiger partial charge in [-0.1, -0.05) is 35.5 Å². The van der Waals surface area contributed by atoms with Crippen molar-refractivity contribution in [2.75, 3.05) is 14.2 Å². The summed E-state index contributed by atoms with van der Waals surface area (Å²) in [6.07, 6.45) is 1.65. The van der Waals surface area contributed by atoms with E-state index in [0.29, 0.717) is 34.6 Å². The number of aromatic nitrogens is 5. The Hall–Kier alpha value is -3.54. The highest BCUT2D eigenvalue weighted by Gasteiger charge is 2.33. The molecule has 0 bridgehead atoms. The number of benzene rings is 2. The molecule has 0 radical (unpaired) electrons. The summed E-state index contributed by atoms with van der Waals surface area (Å²) in [7, 11) is 3.21. The molecule has 0 saturated heterocycles. The number of rotatable bonds is 9. The van der Waals surface area contributed by atoms with Gasteiger partial charge in [0.2, 0.25) is 5.16 Å². The standard InChI is InChI=1S/C27H28ClN5O5S/c1-27(2,25(34)35)39-26-29-31-33(30-26)14-12-21-20-8-6-13-32(20)19-11-10-16(28)15-18(19)23(38-21)17-7-5-9-22(36-3)24(17)37-4/h5-11,13,15,21,23H,12,14H2,1-4H3,(H,34,35)/t21-,23-/m1/s1. The van der Waals surface area contributed by atoms with Gasteiger partial charge >= 0.3 is 5.97 Å². The van der Waals surface area contributed by atoms with Crippen LogP contribution in [-0.4, -0.2) is 54.8 Å². The predicted octanol–water partition coefficient (Wildman–Crippen LogP) is 5.34. The monoisotopic (exact) mass is 569 g/mol. The average molecular weight is 570 g/mol. The van der Waals surface area contributed by atoms with Crippen molar-refractivity contribution in [3.8, 4) is 17.2 Å². The summed E-state index contributed by atoms with van der Waals surface area (Å²) in [5.41, 5.74) is 3.61. The van der Waals surface area contributed by atoms with Crippen molar-refractivity contribution in [1.29, 1.82) is 0 Å². The second kappa shape index (κ2) is 10.9. The highest BCUT2D eigenvalue weighted by atomic mass is 35.5. The number of hydrogen-bond acceptors (Lipinski definition) is 8. The molecule has 1 N–H and O–H groups in total. The van der Waals surface area contributed by atoms with E-state index in [-0.39, 0.29) is 6.10 Å². The number of carbonyl (C=O) groups is 1. The zero-order valence-corrected chi connectivity index (χ0v) is 23.4. The van der Waals surface area contributed by atoms with Gasteiger partial charge in [-0.25, -0.2) is 0 Å². The maximum absolute atomic E-state index is 11.5. The number of thioether (sulfide) groups is 1. The summed E-state index contributed by atoms with van der Waals surface area (Å²) in [6.45, 7) is 3.60. The highest BCUT2D eigenvalue weighted by molar-refractivity contribution is 8.01. The van der Waals surface area contributed by atoms with E-state index < -0.39 is 16.8 Å². The van der Waals surface area contributed by atoms with Gasteiger partial charge in [0.1, 0.15) is 17.0 Å². The molecule has 4 aromatic rings. The van der Waals surface area contributed by atoms with Crippen LogP contribution >= 0.6 is 23.4 Å². The number of methoxy groups -OCH3 is 2. The van der Waals surface area contributed by atoms with Crippen molar-refractivity contribution in [2.45, 2.75) is 48.9 Å². The molecule has 0 fully saturated rings. The molecule has 0 amide bonds. The molecule has 10 nitrogen and oxygen atoms in total. The molecule has 0 spiro atoms. The molecular weight excluding hydrogens is 542 g/mol. The lowest BCUT2D eigenvalue weighted by Crippen LogP contribution is -2.27. The predicted molar refractivity (Wildman–Crippen MR) is 146 cm³/mol. The van der Waals surface area contributed by atoms with Gasteiger partial charge in [-0.3, -0.25) is 4.79 Å². The number of ether oxygens (including phenoxy) is 3. The minimum atomic E-state index is -1.07. The van der Waals surface area contributed by atoms with Gasteiger partial charge in [0, 0.05) is 28.8 Å². The third kappa shape index (κ3) is 5.34. The Bertz CT molecular complexity index is 1500. The number of para-hydroxylation sites is 1. The largest absolute Gasteiger partial charge is 0.493 e. The number of aliphatic carboxylic acids is 1. The van der Waals surface area contributed by atoms with Crippen molar-refractivity contribution in [3.63, 3.8) is 0 Å². The van der Waals surface area contributed by atoms with Crippen LogP contribution < -0.4 is 9.47 Å². The number of halogens is 1. The van der Waals surface area contributed by atoms with Gasteiger partial charge in [-0.2, -0.15) is 4.80 Å². The Labute approximate surface area is 234 Å². The topological polar surface area (TPSA) is 114 Å². The van der Waals surface area contributed by atoms with Gasteiger partial charge < -0.3 is 23.9 Å². The quantitative estimate of drug-likeness (QED) is 0.267. The average Bonchev–Trinajstić information content (AvgIpc) is 3.55. The minimum absolute atomic E-state index is 0.300. The van der Waals surface area contributed by atoms with E-state index in [1.807, 2.05) is 54.7 Å². The van der Waals surface area contributed by atoms with E-state index in [4.69, 9.17) is 25.8 Å². The summed E-state index contributed by atoms with van der Waals surface area (Å²) in [4.78, 5) is 13.0. The molecule has 1 aliphatic rings. The fourth-order valence-corrected chi connectivity index (χ4v) is 5.52. The second-order valence-corrected chi connectivity index (χ2v) is 11.5. The van der Waals surface area contributed by atoms with Crippen LogP contribution in [0.15, 0.2) is 59.9 Å². The van der Waals surface area contributed by atoms with E-state index in [0.717, 1.165) is 34.3 Å². The lowest BCUT2D eigenvalue weighted by Gasteiger charge is -2.25. The fourth-order valence-electron chi connectivity index (χ4n) is 4.58. The maximum atomic E-state index is 11.5. The molecule has 0 aliphatic carbocycles. The minimum Gasteiger partial charge on any atom is -0.493 e. The van der Waals surface area contributed by atoms with Crippen LogP contribution in [-0.2, 0) is 16.1 Å². The number of carboxylic acids is 1. The lowest BCUT2D eigenvalue weighted by molar-refractivity contribution is -0.138. The fraction of sp³-hybridized carbons (Fsp3) is 0.333. The molecule has 3 heterocycles. The molecule has 12 heteroatoms. The summed E-state index contributed by atoms with van der Waals surface area (Å²) >= 11 is 7.52. The van der Waals surface area contributed by atoms with Gasteiger partial charge in [0.25, 0.3) is 0 Å². The molecule has 2 atom stereocenters. The Morgan fingerprint density at radius 1 is 1.15 bits per heavy atom. The zero-order chi connectivity index (χ0) is 27.7. The zero-order valence-electron chi connectivity index (χ0n) is 21.9. The first-order chi connectivity index (χ1) is 18.7. The SMILES string of the molecule is COc1cccc([C@H]2O[C@H](CCn3nnc(SC(C)(C)C(=O)O)n3)c3cccn3-c3ccc(Cl)cc32)c1OC. The van der Waals surface area contributed by atoms with Crippen LogP contribution in [0.1, 0.15) is 49.3 Å².